The number of anilines is 1. The quantitative estimate of drug-likeness (QED) is 0.555. The van der Waals surface area contributed by atoms with E-state index >= 15 is 0 Å². The number of allylic oxidation sites excluding steroid dienone is 2. The van der Waals surface area contributed by atoms with Crippen molar-refractivity contribution in [3.8, 4) is 17.5 Å². The number of fused-ring (bicyclic) bond motifs is 4. The predicted octanol–water partition coefficient (Wildman–Crippen LogP) is 5.49. The minimum atomic E-state index is -0.320. The van der Waals surface area contributed by atoms with Crippen molar-refractivity contribution < 1.29 is 5.11 Å². The van der Waals surface area contributed by atoms with E-state index in [1.165, 1.54) is 18.4 Å². The number of rotatable bonds is 2. The Morgan fingerprint density at radius 3 is 2.74 bits per heavy atom. The van der Waals surface area contributed by atoms with Crippen LogP contribution in [0.1, 0.15) is 50.8 Å². The average molecular weight is 452 g/mol. The van der Waals surface area contributed by atoms with E-state index in [1.807, 2.05) is 30.5 Å². The normalized spacial score (nSPS) is 26.3. The molecule has 0 bridgehead atoms. The van der Waals surface area contributed by atoms with Gasteiger partial charge in [0.1, 0.15) is 11.6 Å². The average Bonchev–Trinajstić information content (AvgIpc) is 3.40. The maximum Gasteiger partial charge on any atom is 0.162 e. The minimum Gasteiger partial charge on any atom is -0.511 e. The third-order valence-electron chi connectivity index (χ3n) is 8.37. The van der Waals surface area contributed by atoms with Crippen LogP contribution in [0.15, 0.2) is 47.9 Å². The second-order valence-electron chi connectivity index (χ2n) is 10.3. The van der Waals surface area contributed by atoms with E-state index in [-0.39, 0.29) is 23.0 Å². The lowest BCUT2D eigenvalue weighted by molar-refractivity contribution is 0.136. The Morgan fingerprint density at radius 2 is 1.94 bits per heavy atom. The van der Waals surface area contributed by atoms with Gasteiger partial charge in [0, 0.05) is 47.1 Å². The second kappa shape index (κ2) is 7.80. The highest BCUT2D eigenvalue weighted by atomic mass is 16.3. The molecule has 0 unspecified atom stereocenters. The van der Waals surface area contributed by atoms with Gasteiger partial charge in [-0.25, -0.2) is 9.97 Å². The molecule has 3 aromatic rings. The van der Waals surface area contributed by atoms with Crippen molar-refractivity contribution in [1.82, 2.24) is 15.0 Å². The summed E-state index contributed by atoms with van der Waals surface area (Å²) in [6, 6.07) is 12.4. The molecule has 1 aliphatic heterocycles. The zero-order valence-corrected chi connectivity index (χ0v) is 19.8. The highest BCUT2D eigenvalue weighted by molar-refractivity contribution is 5.92. The maximum atomic E-state index is 10.7. The number of pyridine rings is 1. The summed E-state index contributed by atoms with van der Waals surface area (Å²) >= 11 is 0. The van der Waals surface area contributed by atoms with Crippen molar-refractivity contribution in [1.29, 1.82) is 5.26 Å². The molecule has 2 aromatic heterocycles. The number of aliphatic hydroxyl groups excluding tert-OH is 1. The zero-order chi connectivity index (χ0) is 23.4. The van der Waals surface area contributed by atoms with Crippen LogP contribution in [-0.2, 0) is 11.8 Å². The SMILES string of the molecule is C[C@H]1C(O)=C(C#N)C[C@@]2(C)c3nc(-c4ccnc5ccccc45)nc(N4CCCC4)c3CC[C@H]12. The summed E-state index contributed by atoms with van der Waals surface area (Å²) in [5, 5.41) is 21.6. The molecule has 3 atom stereocenters. The van der Waals surface area contributed by atoms with Crippen molar-refractivity contribution in [3.63, 3.8) is 0 Å². The third-order valence-corrected chi connectivity index (χ3v) is 8.37. The summed E-state index contributed by atoms with van der Waals surface area (Å²) in [4.78, 5) is 17.4. The van der Waals surface area contributed by atoms with Gasteiger partial charge in [0.15, 0.2) is 5.82 Å². The Balaban J connectivity index is 1.61. The smallest absolute Gasteiger partial charge is 0.162 e. The minimum absolute atomic E-state index is 0.0584. The molecule has 3 aliphatic rings. The van der Waals surface area contributed by atoms with E-state index < -0.39 is 0 Å². The van der Waals surface area contributed by atoms with Gasteiger partial charge in [-0.3, -0.25) is 4.98 Å². The monoisotopic (exact) mass is 451 g/mol. The fourth-order valence-corrected chi connectivity index (χ4v) is 6.61. The van der Waals surface area contributed by atoms with Gasteiger partial charge in [-0.1, -0.05) is 32.0 Å². The summed E-state index contributed by atoms with van der Waals surface area (Å²) in [6.07, 6.45) is 6.58. The van der Waals surface area contributed by atoms with Gasteiger partial charge >= 0.3 is 0 Å². The van der Waals surface area contributed by atoms with E-state index in [0.717, 1.165) is 59.7 Å². The maximum absolute atomic E-state index is 10.7. The first-order valence-corrected chi connectivity index (χ1v) is 12.3. The van der Waals surface area contributed by atoms with Gasteiger partial charge in [0.2, 0.25) is 0 Å². The molecule has 0 amide bonds. The van der Waals surface area contributed by atoms with Crippen molar-refractivity contribution in [2.75, 3.05) is 18.0 Å². The number of nitrogens with zero attached hydrogens (tertiary/aromatic N) is 5. The first-order chi connectivity index (χ1) is 16.5. The van der Waals surface area contributed by atoms with Gasteiger partial charge in [0.25, 0.3) is 0 Å². The van der Waals surface area contributed by atoms with Gasteiger partial charge in [-0.05, 0) is 50.2 Å². The van der Waals surface area contributed by atoms with Gasteiger partial charge in [0.05, 0.1) is 22.9 Å². The van der Waals surface area contributed by atoms with E-state index in [4.69, 9.17) is 9.97 Å². The Hall–Kier alpha value is -3.46. The number of benzene rings is 1. The van der Waals surface area contributed by atoms with E-state index in [9.17, 15) is 10.4 Å². The van der Waals surface area contributed by atoms with Crippen LogP contribution in [0.3, 0.4) is 0 Å². The molecule has 0 spiro atoms. The number of aromatic nitrogens is 3. The first kappa shape index (κ1) is 21.1. The van der Waals surface area contributed by atoms with Crippen LogP contribution < -0.4 is 4.90 Å². The highest BCUT2D eigenvalue weighted by Gasteiger charge is 2.50. The molecular weight excluding hydrogens is 422 g/mol. The van der Waals surface area contributed by atoms with Crippen molar-refractivity contribution in [2.24, 2.45) is 11.8 Å². The number of aliphatic hydroxyl groups is 1. The molecule has 1 N–H and O–H groups in total. The van der Waals surface area contributed by atoms with Crippen LogP contribution in [-0.4, -0.2) is 33.1 Å². The topological polar surface area (TPSA) is 85.9 Å². The van der Waals surface area contributed by atoms with Crippen LogP contribution in [0.5, 0.6) is 0 Å². The Labute approximate surface area is 200 Å². The lowest BCUT2D eigenvalue weighted by Crippen LogP contribution is -2.45. The van der Waals surface area contributed by atoms with Gasteiger partial charge in [-0.2, -0.15) is 5.26 Å². The van der Waals surface area contributed by atoms with E-state index in [1.54, 1.807) is 0 Å². The number of para-hydroxylation sites is 1. The molecule has 1 fully saturated rings. The molecule has 172 valence electrons. The first-order valence-electron chi connectivity index (χ1n) is 12.3. The lowest BCUT2D eigenvalue weighted by atomic mass is 9.56. The molecule has 1 saturated heterocycles. The molecule has 0 radical (unpaired) electrons. The van der Waals surface area contributed by atoms with E-state index in [2.05, 4.69) is 35.9 Å². The number of nitriles is 1. The summed E-state index contributed by atoms with van der Waals surface area (Å²) in [7, 11) is 0. The summed E-state index contributed by atoms with van der Waals surface area (Å²) in [6.45, 7) is 6.33. The van der Waals surface area contributed by atoms with Crippen LogP contribution in [0.4, 0.5) is 5.82 Å². The number of hydrogen-bond acceptors (Lipinski definition) is 6. The Morgan fingerprint density at radius 1 is 1.15 bits per heavy atom. The van der Waals surface area contributed by atoms with Crippen molar-refractivity contribution in [3.05, 3.63) is 59.1 Å². The molecule has 34 heavy (non-hydrogen) atoms. The van der Waals surface area contributed by atoms with Crippen molar-refractivity contribution >= 4 is 16.7 Å². The van der Waals surface area contributed by atoms with Gasteiger partial charge in [-0.15, -0.1) is 0 Å². The third kappa shape index (κ3) is 3.03. The fourth-order valence-electron chi connectivity index (χ4n) is 6.61. The Bertz CT molecular complexity index is 1360. The molecule has 6 heteroatoms. The van der Waals surface area contributed by atoms with Crippen LogP contribution in [0, 0.1) is 23.2 Å². The summed E-state index contributed by atoms with van der Waals surface area (Å²) in [5.74, 6) is 2.23. The van der Waals surface area contributed by atoms with Gasteiger partial charge < -0.3 is 10.0 Å². The predicted molar refractivity (Wildman–Crippen MR) is 132 cm³/mol. The van der Waals surface area contributed by atoms with E-state index in [0.29, 0.717) is 12.0 Å². The second-order valence-corrected chi connectivity index (χ2v) is 10.3. The molecule has 6 nitrogen and oxygen atoms in total. The van der Waals surface area contributed by atoms with Crippen LogP contribution in [0.2, 0.25) is 0 Å². The molecule has 6 rings (SSSR count). The fraction of sp³-hybridized carbons (Fsp3) is 0.429. The molecule has 3 heterocycles. The van der Waals surface area contributed by atoms with Crippen molar-refractivity contribution in [2.45, 2.75) is 51.4 Å². The molecule has 0 saturated carbocycles. The standard InChI is InChI=1S/C28H29N5O/c1-17-22-10-9-21-25(28(22,2)15-18(16-29)24(17)34)31-26(32-27(21)33-13-5-6-14-33)20-11-12-30-23-8-4-3-7-19(20)23/h3-4,7-8,11-12,17,22,34H,5-6,9-10,13-15H2,1-2H3/t17-,22-,28-/m1/s1. The van der Waals surface area contributed by atoms with Crippen LogP contribution >= 0.6 is 0 Å². The number of hydrogen-bond donors (Lipinski definition) is 1. The Kier molecular flexibility index (Phi) is 4.84. The highest BCUT2D eigenvalue weighted by Crippen LogP contribution is 2.54. The lowest BCUT2D eigenvalue weighted by Gasteiger charge is -2.48. The van der Waals surface area contributed by atoms with Crippen LogP contribution in [0.25, 0.3) is 22.3 Å². The summed E-state index contributed by atoms with van der Waals surface area (Å²) < 4.78 is 0. The molecule has 2 aliphatic carbocycles. The molecular formula is C28H29N5O. The largest absolute Gasteiger partial charge is 0.511 e. The molecule has 1 aromatic carbocycles. The zero-order valence-electron chi connectivity index (χ0n) is 19.8. The summed E-state index contributed by atoms with van der Waals surface area (Å²) in [5.41, 5.74) is 4.38.